The van der Waals surface area contributed by atoms with Crippen molar-refractivity contribution in [2.24, 2.45) is 15.7 Å². The minimum atomic E-state index is -5.35. The molecule has 4 rings (SSSR count). The van der Waals surface area contributed by atoms with E-state index in [2.05, 4.69) is 9.68 Å². The predicted octanol–water partition coefficient (Wildman–Crippen LogP) is 8.86. The highest BCUT2D eigenvalue weighted by atomic mass is 35.5. The largest absolute Gasteiger partial charge is 0.474 e. The molecule has 0 radical (unpaired) electrons. The van der Waals surface area contributed by atoms with Crippen molar-refractivity contribution in [3.05, 3.63) is 99.5 Å². The highest BCUT2D eigenvalue weighted by Crippen LogP contribution is 2.53. The molecule has 1 heterocycles. The van der Waals surface area contributed by atoms with Gasteiger partial charge in [-0.05, 0) is 72.0 Å². The lowest BCUT2D eigenvalue weighted by molar-refractivity contribution is -0.169. The van der Waals surface area contributed by atoms with Crippen LogP contribution in [0.15, 0.2) is 77.2 Å². The second kappa shape index (κ2) is 16.6. The van der Waals surface area contributed by atoms with E-state index in [0.29, 0.717) is 21.3 Å². The molecule has 3 amide bonds. The number of anilines is 1. The van der Waals surface area contributed by atoms with Crippen molar-refractivity contribution in [1.82, 2.24) is 4.90 Å². The van der Waals surface area contributed by atoms with Crippen LogP contribution in [0, 0.1) is 11.3 Å². The van der Waals surface area contributed by atoms with E-state index in [1.807, 2.05) is 6.07 Å². The maximum atomic E-state index is 15.1. The molecule has 0 aliphatic carbocycles. The zero-order chi connectivity index (χ0) is 39.5. The number of ether oxygens (including phenoxy) is 1. The van der Waals surface area contributed by atoms with E-state index in [1.165, 1.54) is 50.1 Å². The Bertz CT molecular complexity index is 1960. The van der Waals surface area contributed by atoms with E-state index in [0.717, 1.165) is 5.56 Å². The summed E-state index contributed by atoms with van der Waals surface area (Å²) in [4.78, 5) is 54.4. The zero-order valence-corrected chi connectivity index (χ0v) is 32.4. The summed E-state index contributed by atoms with van der Waals surface area (Å²) in [7, 11) is -2.66. The molecule has 1 N–H and O–H groups in total. The summed E-state index contributed by atoms with van der Waals surface area (Å²) < 4.78 is 62.8. The highest BCUT2D eigenvalue weighted by Gasteiger charge is 2.53. The second-order valence-corrected chi connectivity index (χ2v) is 17.8. The molecule has 3 aromatic rings. The highest BCUT2D eigenvalue weighted by molar-refractivity contribution is 7.94. The van der Waals surface area contributed by atoms with E-state index < -0.39 is 79.9 Å². The minimum Gasteiger partial charge on any atom is -0.465 e. The van der Waals surface area contributed by atoms with Gasteiger partial charge in [0, 0.05) is 39.4 Å². The fraction of sp³-hybridized carbons (Fsp3) is 0.421. The molecular weight excluding hydrogens is 754 g/mol. The van der Waals surface area contributed by atoms with Gasteiger partial charge in [0.1, 0.15) is 0 Å². The molecule has 53 heavy (non-hydrogen) atoms. The van der Waals surface area contributed by atoms with Gasteiger partial charge in [-0.3, -0.25) is 14.4 Å². The average molecular weight is 797 g/mol. The monoisotopic (exact) mass is 795 g/mol. The topological polar surface area (TPSA) is 122 Å². The maximum absolute atomic E-state index is 15.1. The molecular formula is C38H42Cl2F3N3O6S. The number of likely N-dealkylation sites (tertiary alicyclic amines) is 1. The molecule has 15 heteroatoms. The summed E-state index contributed by atoms with van der Waals surface area (Å²) in [5.41, 5.74) is 0.592. The Hall–Kier alpha value is -3.94. The number of nitrogens with one attached hydrogen (secondary N) is 1. The fourth-order valence-electron chi connectivity index (χ4n) is 6.64. The molecule has 0 spiro atoms. The van der Waals surface area contributed by atoms with Gasteiger partial charge in [-0.15, -0.1) is 0 Å². The van der Waals surface area contributed by atoms with Gasteiger partial charge in [-0.2, -0.15) is 17.5 Å². The molecule has 0 bridgehead atoms. The number of alkyl halides is 3. The van der Waals surface area contributed by atoms with Gasteiger partial charge in [0.2, 0.25) is 11.8 Å². The summed E-state index contributed by atoms with van der Waals surface area (Å²) in [5, 5.41) is 2.64. The van der Waals surface area contributed by atoms with E-state index in [1.54, 1.807) is 63.2 Å². The predicted molar refractivity (Wildman–Crippen MR) is 199 cm³/mol. The Kier molecular flexibility index (Phi) is 13.1. The maximum Gasteiger partial charge on any atom is 0.474 e. The molecule has 1 saturated heterocycles. The van der Waals surface area contributed by atoms with Crippen molar-refractivity contribution in [1.29, 1.82) is 0 Å². The normalized spacial score (nSPS) is 20.8. The van der Waals surface area contributed by atoms with Gasteiger partial charge in [0.15, 0.2) is 0 Å². The van der Waals surface area contributed by atoms with Crippen molar-refractivity contribution in [2.45, 2.75) is 76.9 Å². The Morgan fingerprint density at radius 1 is 0.981 bits per heavy atom. The lowest BCUT2D eigenvalue weighted by Gasteiger charge is -2.53. The summed E-state index contributed by atoms with van der Waals surface area (Å²) in [6.07, 6.45) is -5.51. The number of piperidine rings is 1. The first kappa shape index (κ1) is 41.8. The smallest absolute Gasteiger partial charge is 0.465 e. The van der Waals surface area contributed by atoms with Crippen molar-refractivity contribution in [3.63, 3.8) is 0 Å². The first-order chi connectivity index (χ1) is 24.7. The number of carbonyl (C=O) groups is 4. The fourth-order valence-corrected chi connectivity index (χ4v) is 9.06. The van der Waals surface area contributed by atoms with Crippen LogP contribution in [0.4, 0.5) is 18.9 Å². The summed E-state index contributed by atoms with van der Waals surface area (Å²) in [5.74, 6) is -5.61. The van der Waals surface area contributed by atoms with Gasteiger partial charge in [0.25, 0.3) is 0 Å². The molecule has 9 nitrogen and oxygen atoms in total. The van der Waals surface area contributed by atoms with E-state index in [-0.39, 0.29) is 18.4 Å². The van der Waals surface area contributed by atoms with Crippen LogP contribution in [0.25, 0.3) is 0 Å². The molecule has 1 aliphatic rings. The molecule has 0 aromatic heterocycles. The number of esters is 1. The molecule has 286 valence electrons. The van der Waals surface area contributed by atoms with Crippen LogP contribution in [0.2, 0.25) is 10.0 Å². The second-order valence-electron chi connectivity index (χ2n) is 14.0. The minimum absolute atomic E-state index is 0.145. The van der Waals surface area contributed by atoms with Crippen LogP contribution in [0.5, 0.6) is 0 Å². The van der Waals surface area contributed by atoms with Crippen molar-refractivity contribution >= 4 is 62.3 Å². The molecule has 5 atom stereocenters. The number of carbonyl (C=O) groups excluding carboxylic acids is 4. The first-order valence-electron chi connectivity index (χ1n) is 16.9. The van der Waals surface area contributed by atoms with E-state index in [4.69, 9.17) is 27.9 Å². The number of hydrogen-bond donors (Lipinski definition) is 1. The lowest BCUT2D eigenvalue weighted by Crippen LogP contribution is -2.59. The Morgan fingerprint density at radius 3 is 2.13 bits per heavy atom. The third-order valence-electron chi connectivity index (χ3n) is 9.48. The quantitative estimate of drug-likeness (QED) is 0.194. The summed E-state index contributed by atoms with van der Waals surface area (Å²) in [6, 6.07) is 18.0. The number of benzene rings is 3. The van der Waals surface area contributed by atoms with Crippen LogP contribution >= 0.6 is 23.2 Å². The zero-order valence-electron chi connectivity index (χ0n) is 30.1. The van der Waals surface area contributed by atoms with Gasteiger partial charge >= 0.3 is 18.1 Å². The number of nitrogens with zero attached hydrogens (tertiary/aromatic N) is 2. The van der Waals surface area contributed by atoms with Crippen molar-refractivity contribution in [2.75, 3.05) is 18.2 Å². The van der Waals surface area contributed by atoms with Gasteiger partial charge < -0.3 is 15.0 Å². The third kappa shape index (κ3) is 9.79. The Balaban J connectivity index is 1.89. The van der Waals surface area contributed by atoms with Crippen LogP contribution in [0.3, 0.4) is 0 Å². The van der Waals surface area contributed by atoms with Crippen molar-refractivity contribution < 1.29 is 41.3 Å². The molecule has 0 saturated carbocycles. The van der Waals surface area contributed by atoms with Crippen LogP contribution in [0.1, 0.15) is 80.9 Å². The molecule has 3 aromatic carbocycles. The van der Waals surface area contributed by atoms with Gasteiger partial charge in [-0.25, -0.2) is 9.00 Å². The third-order valence-corrected chi connectivity index (χ3v) is 12.7. The number of amides is 3. The van der Waals surface area contributed by atoms with Crippen LogP contribution in [-0.4, -0.2) is 63.1 Å². The summed E-state index contributed by atoms with van der Waals surface area (Å²) >= 11 is 12.8. The molecule has 1 aliphatic heterocycles. The average Bonchev–Trinajstić information content (AvgIpc) is 3.08. The van der Waals surface area contributed by atoms with E-state index in [9.17, 15) is 31.8 Å². The van der Waals surface area contributed by atoms with Gasteiger partial charge in [-0.1, -0.05) is 82.1 Å². The molecule has 1 fully saturated rings. The summed E-state index contributed by atoms with van der Waals surface area (Å²) in [6.45, 7) is 7.97. The number of hydrogen-bond acceptors (Lipinski definition) is 6. The van der Waals surface area contributed by atoms with Crippen molar-refractivity contribution in [3.8, 4) is 0 Å². The van der Waals surface area contributed by atoms with Crippen LogP contribution < -0.4 is 5.32 Å². The lowest BCUT2D eigenvalue weighted by atomic mass is 9.66. The molecule has 1 unspecified atom stereocenters. The Labute approximate surface area is 317 Å². The van der Waals surface area contributed by atoms with Crippen LogP contribution in [-0.2, 0) is 28.8 Å². The number of halogens is 5. The Morgan fingerprint density at radius 2 is 1.60 bits per heavy atom. The number of rotatable bonds is 11. The standard InChI is InChI=1S/C38H42Cl2F3N3O6S/c1-22(2)31(21-53(51,23(3)4)45-35(49)38(41,42)43)46-33(24-10-14-27(39)15-11-24)30(26-8-7-9-28(40)18-26)19-37(5,36(46)50)20-32(47)44-29-16-12-25(13-17-29)34(48)52-6/h7-18,22-23,30-31,33H,19-21H2,1-6H3,(H,44,47)/t30-,31-,33-,37-,53?/m1/s1. The van der Waals surface area contributed by atoms with Gasteiger partial charge in [0.05, 0.1) is 39.6 Å². The first-order valence-corrected chi connectivity index (χ1v) is 19.4. The van der Waals surface area contributed by atoms with E-state index >= 15 is 4.79 Å². The SMILES string of the molecule is COC(=O)c1ccc(NC(=O)C[C@@]2(C)C[C@H](c3cccc(Cl)c3)[C@@H](c3ccc(Cl)cc3)N([C@H](CS(=O)(=NC(=O)C(F)(F)F)C(C)C)C(C)C)C2=O)cc1. The number of methoxy groups -OCH3 is 1.